The first kappa shape index (κ1) is 15.2. The molecule has 0 spiro atoms. The summed E-state index contributed by atoms with van der Waals surface area (Å²) in [7, 11) is 0. The van der Waals surface area contributed by atoms with Crippen molar-refractivity contribution in [3.05, 3.63) is 42.8 Å². The third kappa shape index (κ3) is 8.30. The first-order valence-corrected chi connectivity index (χ1v) is 7.34. The lowest BCUT2D eigenvalue weighted by Crippen LogP contribution is -1.96. The molecule has 0 N–H and O–H groups in total. The monoisotopic (exact) mass is 247 g/mol. The van der Waals surface area contributed by atoms with Crippen LogP contribution in [0.5, 0.6) is 0 Å². The van der Waals surface area contributed by atoms with Crippen molar-refractivity contribution in [2.45, 2.75) is 51.4 Å². The van der Waals surface area contributed by atoms with Gasteiger partial charge in [0.1, 0.15) is 0 Å². The van der Waals surface area contributed by atoms with Gasteiger partial charge in [-0.25, -0.2) is 0 Å². The van der Waals surface area contributed by atoms with Crippen LogP contribution in [0, 0.1) is 6.92 Å². The quantitative estimate of drug-likeness (QED) is 0.510. The van der Waals surface area contributed by atoms with Crippen molar-refractivity contribution in [1.82, 2.24) is 0 Å². The summed E-state index contributed by atoms with van der Waals surface area (Å²) in [5.74, 6) is 0. The lowest BCUT2D eigenvalue weighted by atomic mass is 10.1. The Balaban J connectivity index is 1.82. The Morgan fingerprint density at radius 3 is 2.22 bits per heavy atom. The first-order chi connectivity index (χ1) is 8.93. The molecule has 0 aliphatic heterocycles. The molecule has 0 amide bonds. The molecule has 0 bridgehead atoms. The lowest BCUT2D eigenvalue weighted by molar-refractivity contribution is 0.128. The molecule has 0 saturated heterocycles. The summed E-state index contributed by atoms with van der Waals surface area (Å²) in [5.41, 5.74) is 1.47. The fourth-order valence-electron chi connectivity index (χ4n) is 2.01. The van der Waals surface area contributed by atoms with Crippen LogP contribution in [0.15, 0.2) is 30.3 Å². The van der Waals surface area contributed by atoms with Crippen molar-refractivity contribution in [2.24, 2.45) is 0 Å². The predicted octanol–water partition coefficient (Wildman–Crippen LogP) is 4.81. The van der Waals surface area contributed by atoms with Crippen molar-refractivity contribution in [2.75, 3.05) is 13.2 Å². The zero-order valence-electron chi connectivity index (χ0n) is 11.6. The van der Waals surface area contributed by atoms with E-state index in [2.05, 4.69) is 37.3 Å². The topological polar surface area (TPSA) is 9.23 Å². The van der Waals surface area contributed by atoms with Crippen molar-refractivity contribution < 1.29 is 4.74 Å². The highest BCUT2D eigenvalue weighted by molar-refractivity contribution is 5.14. The second kappa shape index (κ2) is 11.3. The van der Waals surface area contributed by atoms with Crippen molar-refractivity contribution in [3.8, 4) is 0 Å². The van der Waals surface area contributed by atoms with E-state index in [-0.39, 0.29) is 0 Å². The van der Waals surface area contributed by atoms with E-state index in [1.54, 1.807) is 0 Å². The minimum absolute atomic E-state index is 0.886. The van der Waals surface area contributed by atoms with E-state index >= 15 is 0 Å². The van der Waals surface area contributed by atoms with E-state index < -0.39 is 0 Å². The molecule has 0 atom stereocenters. The summed E-state index contributed by atoms with van der Waals surface area (Å²) >= 11 is 0. The van der Waals surface area contributed by atoms with Crippen LogP contribution in [0.25, 0.3) is 0 Å². The van der Waals surface area contributed by atoms with Gasteiger partial charge in [0.05, 0.1) is 0 Å². The number of aryl methyl sites for hydroxylation is 1. The molecular weight excluding hydrogens is 220 g/mol. The minimum atomic E-state index is 0.886. The summed E-state index contributed by atoms with van der Waals surface area (Å²) in [6.45, 7) is 5.61. The predicted molar refractivity (Wildman–Crippen MR) is 78.6 cm³/mol. The smallest absolute Gasteiger partial charge is 0.0466 e. The maximum absolute atomic E-state index is 5.51. The van der Waals surface area contributed by atoms with Crippen LogP contribution in [-0.2, 0) is 11.2 Å². The van der Waals surface area contributed by atoms with Gasteiger partial charge in [-0.3, -0.25) is 0 Å². The highest BCUT2D eigenvalue weighted by Gasteiger charge is 1.94. The zero-order chi connectivity index (χ0) is 12.9. The van der Waals surface area contributed by atoms with Crippen LogP contribution in [0.3, 0.4) is 0 Å². The van der Waals surface area contributed by atoms with Crippen LogP contribution in [0.2, 0.25) is 0 Å². The van der Waals surface area contributed by atoms with E-state index in [0.717, 1.165) is 26.1 Å². The maximum Gasteiger partial charge on any atom is 0.0466 e. The Bertz CT molecular complexity index is 268. The normalized spacial score (nSPS) is 10.7. The molecule has 0 aliphatic carbocycles. The van der Waals surface area contributed by atoms with Crippen LogP contribution >= 0.6 is 0 Å². The fraction of sp³-hybridized carbons (Fsp3) is 0.588. The molecule has 18 heavy (non-hydrogen) atoms. The number of ether oxygens (including phenoxy) is 1. The number of hydrogen-bond acceptors (Lipinski definition) is 1. The summed E-state index contributed by atoms with van der Waals surface area (Å²) in [5, 5.41) is 0. The maximum atomic E-state index is 5.51. The summed E-state index contributed by atoms with van der Waals surface area (Å²) < 4.78 is 5.51. The van der Waals surface area contributed by atoms with E-state index in [0.29, 0.717) is 0 Å². The molecule has 101 valence electrons. The Morgan fingerprint density at radius 1 is 0.778 bits per heavy atom. The molecule has 1 rings (SSSR count). The average Bonchev–Trinajstić information content (AvgIpc) is 2.42. The van der Waals surface area contributed by atoms with Gasteiger partial charge in [-0.1, -0.05) is 62.9 Å². The summed E-state index contributed by atoms with van der Waals surface area (Å²) in [6.07, 6.45) is 9.81. The minimum Gasteiger partial charge on any atom is -0.381 e. The van der Waals surface area contributed by atoms with Crippen LogP contribution < -0.4 is 0 Å². The Labute approximate surface area is 113 Å². The molecule has 0 heterocycles. The van der Waals surface area contributed by atoms with Crippen LogP contribution in [0.1, 0.15) is 50.5 Å². The lowest BCUT2D eigenvalue weighted by Gasteiger charge is -2.04. The van der Waals surface area contributed by atoms with Crippen molar-refractivity contribution in [3.63, 3.8) is 0 Å². The SMILES string of the molecule is [CH2]CCCOCCCCCCCc1ccccc1. The second-order valence-corrected chi connectivity index (χ2v) is 4.82. The summed E-state index contributed by atoms with van der Waals surface area (Å²) in [4.78, 5) is 0. The third-order valence-corrected chi connectivity index (χ3v) is 3.14. The van der Waals surface area contributed by atoms with E-state index in [1.165, 1.54) is 44.1 Å². The second-order valence-electron chi connectivity index (χ2n) is 4.82. The Hall–Kier alpha value is -0.820. The molecule has 0 aliphatic rings. The van der Waals surface area contributed by atoms with Gasteiger partial charge in [-0.05, 0) is 31.2 Å². The van der Waals surface area contributed by atoms with Gasteiger partial charge in [0.2, 0.25) is 0 Å². The van der Waals surface area contributed by atoms with E-state index in [1.807, 2.05) is 0 Å². The van der Waals surface area contributed by atoms with Gasteiger partial charge in [0, 0.05) is 13.2 Å². The molecule has 1 radical (unpaired) electrons. The molecule has 0 fully saturated rings. The van der Waals surface area contributed by atoms with Gasteiger partial charge in [-0.15, -0.1) is 0 Å². The molecule has 0 unspecified atom stereocenters. The highest BCUT2D eigenvalue weighted by Crippen LogP contribution is 2.08. The largest absolute Gasteiger partial charge is 0.381 e. The molecule has 1 nitrogen and oxygen atoms in total. The van der Waals surface area contributed by atoms with Crippen LogP contribution in [0.4, 0.5) is 0 Å². The van der Waals surface area contributed by atoms with Gasteiger partial charge >= 0.3 is 0 Å². The van der Waals surface area contributed by atoms with Gasteiger partial charge < -0.3 is 4.74 Å². The van der Waals surface area contributed by atoms with Gasteiger partial charge in [0.25, 0.3) is 0 Å². The molecule has 1 heteroatoms. The number of rotatable bonds is 11. The number of unbranched alkanes of at least 4 members (excludes halogenated alkanes) is 5. The van der Waals surface area contributed by atoms with Crippen LogP contribution in [-0.4, -0.2) is 13.2 Å². The highest BCUT2D eigenvalue weighted by atomic mass is 16.5. The zero-order valence-corrected chi connectivity index (χ0v) is 11.6. The van der Waals surface area contributed by atoms with E-state index in [9.17, 15) is 0 Å². The first-order valence-electron chi connectivity index (χ1n) is 7.34. The van der Waals surface area contributed by atoms with Gasteiger partial charge in [-0.2, -0.15) is 0 Å². The van der Waals surface area contributed by atoms with E-state index in [4.69, 9.17) is 4.74 Å². The number of benzene rings is 1. The molecule has 0 aromatic heterocycles. The third-order valence-electron chi connectivity index (χ3n) is 3.14. The average molecular weight is 247 g/mol. The Kier molecular flexibility index (Phi) is 9.55. The molecule has 1 aromatic rings. The Morgan fingerprint density at radius 2 is 1.44 bits per heavy atom. The fourth-order valence-corrected chi connectivity index (χ4v) is 2.01. The summed E-state index contributed by atoms with van der Waals surface area (Å²) in [6, 6.07) is 10.8. The van der Waals surface area contributed by atoms with Crippen molar-refractivity contribution >= 4 is 0 Å². The van der Waals surface area contributed by atoms with Gasteiger partial charge in [0.15, 0.2) is 0 Å². The standard InChI is InChI=1S/C17H27O/c1-2-3-15-18-16-11-6-4-5-8-12-17-13-9-7-10-14-17/h7,9-10,13-14H,1-6,8,11-12,15-16H2. The van der Waals surface area contributed by atoms with Crippen molar-refractivity contribution in [1.29, 1.82) is 0 Å². The molecule has 1 aromatic carbocycles. The number of hydrogen-bond donors (Lipinski definition) is 0. The molecule has 0 saturated carbocycles. The molecular formula is C17H27O.